The van der Waals surface area contributed by atoms with Gasteiger partial charge in [-0.15, -0.1) is 13.2 Å². The molecule has 3 rings (SSSR count). The van der Waals surface area contributed by atoms with Crippen molar-refractivity contribution in [3.8, 4) is 5.75 Å². The number of carbonyl (C=O) groups excluding carboxylic acids is 1. The van der Waals surface area contributed by atoms with Gasteiger partial charge in [0.25, 0.3) is 0 Å². The fourth-order valence-electron chi connectivity index (χ4n) is 5.43. The minimum atomic E-state index is -4.73. The summed E-state index contributed by atoms with van der Waals surface area (Å²) in [5.41, 5.74) is 2.72. The van der Waals surface area contributed by atoms with Crippen LogP contribution in [0.25, 0.3) is 0 Å². The Morgan fingerprint density at radius 2 is 1.93 bits per heavy atom. The third kappa shape index (κ3) is 11.2. The standard InChI is InChI=1S/C32H41ClF3NO5/c1-3-5-28(23-6-4-7-25(11-10-23)31(39)37-19-18-30(38)40-2)29(24-12-14-26(33)15-13-24)21-41-20-22-8-16-27(17-9-22)42-32(34,35)36/h4,6,8-9,11-12,14,16-17,23,28-30,38H,3,5,7,10,13,15,18-21H2,1-2H3,(H,37,39). The van der Waals surface area contributed by atoms with Gasteiger partial charge in [0, 0.05) is 36.6 Å². The molecule has 10 heteroatoms. The molecular weight excluding hydrogens is 571 g/mol. The van der Waals surface area contributed by atoms with E-state index in [1.165, 1.54) is 24.8 Å². The van der Waals surface area contributed by atoms with Crippen LogP contribution in [0, 0.1) is 17.8 Å². The maximum atomic E-state index is 12.8. The first-order valence-electron chi connectivity index (χ1n) is 14.4. The van der Waals surface area contributed by atoms with Gasteiger partial charge in [-0.1, -0.05) is 67.0 Å². The van der Waals surface area contributed by atoms with Crippen molar-refractivity contribution in [3.63, 3.8) is 0 Å². The molecule has 232 valence electrons. The van der Waals surface area contributed by atoms with Crippen molar-refractivity contribution in [2.75, 3.05) is 20.3 Å². The molecule has 6 nitrogen and oxygen atoms in total. The Kier molecular flexibility index (Phi) is 13.6. The number of alkyl halides is 3. The van der Waals surface area contributed by atoms with Crippen LogP contribution in [-0.4, -0.2) is 43.9 Å². The average Bonchev–Trinajstić information content (AvgIpc) is 3.21. The zero-order chi connectivity index (χ0) is 30.5. The summed E-state index contributed by atoms with van der Waals surface area (Å²) in [5, 5.41) is 13.2. The SMILES string of the molecule is CCCC(C1C=CCC(C(=O)NCCC(O)OC)=CC1)C(COCc1ccc(OC(F)(F)F)cc1)C1=CC=C(Cl)CC1. The van der Waals surface area contributed by atoms with Crippen LogP contribution in [0.15, 0.2) is 70.8 Å². The topological polar surface area (TPSA) is 77.0 Å². The maximum absolute atomic E-state index is 12.8. The zero-order valence-electron chi connectivity index (χ0n) is 24.2. The summed E-state index contributed by atoms with van der Waals surface area (Å²) in [6, 6.07) is 5.72. The Morgan fingerprint density at radius 3 is 2.57 bits per heavy atom. The summed E-state index contributed by atoms with van der Waals surface area (Å²) >= 11 is 6.27. The van der Waals surface area contributed by atoms with Crippen molar-refractivity contribution in [1.29, 1.82) is 0 Å². The average molecular weight is 612 g/mol. The molecule has 1 amide bonds. The second-order valence-corrected chi connectivity index (χ2v) is 11.1. The lowest BCUT2D eigenvalue weighted by atomic mass is 9.72. The monoisotopic (exact) mass is 611 g/mol. The van der Waals surface area contributed by atoms with Crippen molar-refractivity contribution < 1.29 is 37.3 Å². The molecule has 2 N–H and O–H groups in total. The summed E-state index contributed by atoms with van der Waals surface area (Å²) in [6.07, 6.45) is 9.80. The molecule has 42 heavy (non-hydrogen) atoms. The molecule has 0 heterocycles. The first-order valence-corrected chi connectivity index (χ1v) is 14.8. The van der Waals surface area contributed by atoms with Crippen LogP contribution in [0.4, 0.5) is 13.2 Å². The highest BCUT2D eigenvalue weighted by Gasteiger charge is 2.32. The smallest absolute Gasteiger partial charge is 0.406 e. The molecule has 0 saturated heterocycles. The van der Waals surface area contributed by atoms with E-state index >= 15 is 0 Å². The third-order valence-electron chi connectivity index (χ3n) is 7.62. The molecule has 0 aromatic heterocycles. The third-order valence-corrected chi connectivity index (χ3v) is 7.93. The predicted octanol–water partition coefficient (Wildman–Crippen LogP) is 7.34. The van der Waals surface area contributed by atoms with Gasteiger partial charge in [-0.25, -0.2) is 0 Å². The van der Waals surface area contributed by atoms with Gasteiger partial charge in [0.15, 0.2) is 6.29 Å². The number of amides is 1. The Bertz CT molecular complexity index is 1130. The summed E-state index contributed by atoms with van der Waals surface area (Å²) in [6.45, 7) is 3.18. The maximum Gasteiger partial charge on any atom is 0.573 e. The molecule has 0 aliphatic heterocycles. The Morgan fingerprint density at radius 1 is 1.17 bits per heavy atom. The number of aliphatic hydroxyl groups is 1. The number of benzene rings is 1. The van der Waals surface area contributed by atoms with Gasteiger partial charge in [-0.2, -0.15) is 0 Å². The molecule has 0 bridgehead atoms. The number of hydrogen-bond donors (Lipinski definition) is 2. The molecule has 1 aromatic rings. The van der Waals surface area contributed by atoms with Gasteiger partial charge in [-0.05, 0) is 67.7 Å². The van der Waals surface area contributed by atoms with Gasteiger partial charge in [0.1, 0.15) is 5.75 Å². The van der Waals surface area contributed by atoms with Crippen molar-refractivity contribution >= 4 is 17.5 Å². The lowest BCUT2D eigenvalue weighted by Crippen LogP contribution is -2.29. The second-order valence-electron chi connectivity index (χ2n) is 10.6. The Hall–Kier alpha value is -2.59. The quantitative estimate of drug-likeness (QED) is 0.160. The van der Waals surface area contributed by atoms with E-state index in [4.69, 9.17) is 21.1 Å². The van der Waals surface area contributed by atoms with Crippen LogP contribution in [0.3, 0.4) is 0 Å². The number of hydrogen-bond acceptors (Lipinski definition) is 5. The fourth-order valence-corrected chi connectivity index (χ4v) is 5.59. The van der Waals surface area contributed by atoms with E-state index in [1.54, 1.807) is 12.1 Å². The van der Waals surface area contributed by atoms with Crippen LogP contribution in [0.5, 0.6) is 5.75 Å². The lowest BCUT2D eigenvalue weighted by Gasteiger charge is -2.34. The molecule has 4 atom stereocenters. The van der Waals surface area contributed by atoms with E-state index in [-0.39, 0.29) is 36.0 Å². The summed E-state index contributed by atoms with van der Waals surface area (Å²) in [7, 11) is 1.42. The van der Waals surface area contributed by atoms with E-state index in [0.717, 1.165) is 36.3 Å². The van der Waals surface area contributed by atoms with Gasteiger partial charge in [0.2, 0.25) is 5.91 Å². The number of allylic oxidation sites excluding steroid dienone is 6. The van der Waals surface area contributed by atoms with Crippen molar-refractivity contribution in [3.05, 3.63) is 76.4 Å². The van der Waals surface area contributed by atoms with Crippen molar-refractivity contribution in [1.82, 2.24) is 5.32 Å². The molecule has 0 saturated carbocycles. The minimum Gasteiger partial charge on any atom is -0.406 e. The summed E-state index contributed by atoms with van der Waals surface area (Å²) in [4.78, 5) is 12.8. The first kappa shape index (κ1) is 33.9. The lowest BCUT2D eigenvalue weighted by molar-refractivity contribution is -0.274. The van der Waals surface area contributed by atoms with E-state index in [1.807, 2.05) is 12.2 Å². The number of carbonyl (C=O) groups is 1. The molecule has 1 aromatic carbocycles. The normalized spacial score (nSPS) is 19.6. The van der Waals surface area contributed by atoms with Crippen molar-refractivity contribution in [2.45, 2.75) is 71.1 Å². The highest BCUT2D eigenvalue weighted by atomic mass is 35.5. The number of halogens is 4. The largest absolute Gasteiger partial charge is 0.573 e. The van der Waals surface area contributed by atoms with Crippen LogP contribution < -0.4 is 10.1 Å². The number of aliphatic hydroxyl groups excluding tert-OH is 1. The van der Waals surface area contributed by atoms with Crippen molar-refractivity contribution in [2.24, 2.45) is 17.8 Å². The van der Waals surface area contributed by atoms with Gasteiger partial charge < -0.3 is 24.6 Å². The van der Waals surface area contributed by atoms with E-state index < -0.39 is 12.7 Å². The number of nitrogens with one attached hydrogen (secondary N) is 1. The molecule has 0 radical (unpaired) electrons. The van der Waals surface area contributed by atoms with Crippen LogP contribution in [-0.2, 0) is 20.9 Å². The Balaban J connectivity index is 1.71. The van der Waals surface area contributed by atoms with Crippen LogP contribution in [0.1, 0.15) is 57.4 Å². The fraction of sp³-hybridized carbons (Fsp3) is 0.531. The second kappa shape index (κ2) is 16.9. The van der Waals surface area contributed by atoms with Gasteiger partial charge >= 0.3 is 6.36 Å². The molecular formula is C32H41ClF3NO5. The molecule has 2 aliphatic rings. The van der Waals surface area contributed by atoms with E-state index in [9.17, 15) is 23.1 Å². The van der Waals surface area contributed by atoms with E-state index in [0.29, 0.717) is 38.0 Å². The highest BCUT2D eigenvalue weighted by Crippen LogP contribution is 2.39. The number of ether oxygens (including phenoxy) is 3. The first-order chi connectivity index (χ1) is 20.1. The predicted molar refractivity (Wildman–Crippen MR) is 157 cm³/mol. The van der Waals surface area contributed by atoms with Gasteiger partial charge in [-0.3, -0.25) is 4.79 Å². The highest BCUT2D eigenvalue weighted by molar-refractivity contribution is 6.29. The minimum absolute atomic E-state index is 0.104. The Labute approximate surface area is 251 Å². The molecule has 2 aliphatic carbocycles. The zero-order valence-corrected chi connectivity index (χ0v) is 24.9. The number of methoxy groups -OCH3 is 1. The molecule has 0 fully saturated rings. The molecule has 0 spiro atoms. The summed E-state index contributed by atoms with van der Waals surface area (Å²) in [5.74, 6) is 0.141. The van der Waals surface area contributed by atoms with Gasteiger partial charge in [0.05, 0.1) is 13.2 Å². The van der Waals surface area contributed by atoms with E-state index in [2.05, 4.69) is 35.2 Å². The molecule has 4 unspecified atom stereocenters. The number of rotatable bonds is 15. The van der Waals surface area contributed by atoms with Crippen LogP contribution in [0.2, 0.25) is 0 Å². The van der Waals surface area contributed by atoms with Crippen LogP contribution >= 0.6 is 11.6 Å². The summed E-state index contributed by atoms with van der Waals surface area (Å²) < 4.78 is 52.5.